The summed E-state index contributed by atoms with van der Waals surface area (Å²) in [5.74, 6) is 2.29. The molecule has 0 bridgehead atoms. The molecular weight excluding hydrogens is 318 g/mol. The normalized spacial score (nSPS) is 17.6. The van der Waals surface area contributed by atoms with Gasteiger partial charge in [-0.25, -0.2) is 9.97 Å². The first kappa shape index (κ1) is 15.5. The van der Waals surface area contributed by atoms with Gasteiger partial charge in [-0.1, -0.05) is 11.2 Å². The maximum absolute atomic E-state index is 5.55. The maximum Gasteiger partial charge on any atom is 0.312 e. The van der Waals surface area contributed by atoms with Gasteiger partial charge in [-0.05, 0) is 31.9 Å². The average molecular weight is 337 g/mol. The van der Waals surface area contributed by atoms with Gasteiger partial charge < -0.3 is 15.1 Å². The number of hydrogen-bond acceptors (Lipinski definition) is 8. The van der Waals surface area contributed by atoms with Crippen molar-refractivity contribution in [2.24, 2.45) is 0 Å². The van der Waals surface area contributed by atoms with Crippen LogP contribution in [0.5, 0.6) is 0 Å². The molecule has 1 atom stereocenters. The van der Waals surface area contributed by atoms with Crippen LogP contribution in [0.15, 0.2) is 34.9 Å². The molecule has 3 aromatic rings. The standard InChI is InChI=1S/C17H19N7O/c1-11-9-14(21-15(20-11)13-6-2-3-7-19-13)24-8-4-5-12(10-24)16-22-23-17(18)25-16/h2-3,6-7,9,12H,4-5,8,10H2,1H3,(H2,18,23). The van der Waals surface area contributed by atoms with Crippen LogP contribution in [0.3, 0.4) is 0 Å². The van der Waals surface area contributed by atoms with E-state index in [4.69, 9.17) is 15.1 Å². The molecule has 0 spiro atoms. The summed E-state index contributed by atoms with van der Waals surface area (Å²) in [4.78, 5) is 15.8. The van der Waals surface area contributed by atoms with Crippen LogP contribution >= 0.6 is 0 Å². The van der Waals surface area contributed by atoms with Crippen molar-refractivity contribution in [1.82, 2.24) is 25.1 Å². The van der Waals surface area contributed by atoms with E-state index in [0.29, 0.717) is 11.7 Å². The maximum atomic E-state index is 5.55. The monoisotopic (exact) mass is 337 g/mol. The van der Waals surface area contributed by atoms with Crippen molar-refractivity contribution >= 4 is 11.8 Å². The summed E-state index contributed by atoms with van der Waals surface area (Å²) in [6.07, 6.45) is 3.77. The Kier molecular flexibility index (Phi) is 4.01. The molecule has 1 unspecified atom stereocenters. The average Bonchev–Trinajstić information content (AvgIpc) is 3.08. The number of piperidine rings is 1. The van der Waals surface area contributed by atoms with E-state index in [1.807, 2.05) is 31.2 Å². The highest BCUT2D eigenvalue weighted by Gasteiger charge is 2.27. The predicted octanol–water partition coefficient (Wildman–Crippen LogP) is 2.20. The fraction of sp³-hybridized carbons (Fsp3) is 0.353. The van der Waals surface area contributed by atoms with Crippen LogP contribution in [-0.4, -0.2) is 38.2 Å². The van der Waals surface area contributed by atoms with Crippen molar-refractivity contribution in [1.29, 1.82) is 0 Å². The highest BCUT2D eigenvalue weighted by molar-refractivity contribution is 5.53. The van der Waals surface area contributed by atoms with Crippen LogP contribution in [0.1, 0.15) is 30.3 Å². The van der Waals surface area contributed by atoms with Crippen molar-refractivity contribution in [3.05, 3.63) is 42.0 Å². The Balaban J connectivity index is 1.61. The fourth-order valence-corrected chi connectivity index (χ4v) is 3.12. The van der Waals surface area contributed by atoms with Crippen molar-refractivity contribution < 1.29 is 4.42 Å². The van der Waals surface area contributed by atoms with Gasteiger partial charge in [0.1, 0.15) is 11.5 Å². The van der Waals surface area contributed by atoms with Crippen LogP contribution < -0.4 is 10.6 Å². The number of nitrogens with two attached hydrogens (primary N) is 1. The zero-order valence-electron chi connectivity index (χ0n) is 14.0. The van der Waals surface area contributed by atoms with E-state index in [0.717, 1.165) is 43.1 Å². The lowest BCUT2D eigenvalue weighted by Crippen LogP contribution is -2.35. The number of hydrogen-bond donors (Lipinski definition) is 1. The second-order valence-corrected chi connectivity index (χ2v) is 6.17. The molecule has 128 valence electrons. The van der Waals surface area contributed by atoms with Crippen molar-refractivity contribution in [2.45, 2.75) is 25.7 Å². The second-order valence-electron chi connectivity index (χ2n) is 6.17. The van der Waals surface area contributed by atoms with E-state index in [2.05, 4.69) is 25.1 Å². The summed E-state index contributed by atoms with van der Waals surface area (Å²) in [6, 6.07) is 7.84. The van der Waals surface area contributed by atoms with Gasteiger partial charge in [-0.3, -0.25) is 4.98 Å². The van der Waals surface area contributed by atoms with E-state index < -0.39 is 0 Å². The molecule has 1 aliphatic rings. The Morgan fingerprint density at radius 3 is 2.92 bits per heavy atom. The third-order valence-electron chi connectivity index (χ3n) is 4.29. The summed E-state index contributed by atoms with van der Waals surface area (Å²) >= 11 is 0. The highest BCUT2D eigenvalue weighted by atomic mass is 16.4. The highest BCUT2D eigenvalue weighted by Crippen LogP contribution is 2.29. The van der Waals surface area contributed by atoms with Gasteiger partial charge in [0, 0.05) is 31.0 Å². The van der Waals surface area contributed by atoms with E-state index in [9.17, 15) is 0 Å². The zero-order chi connectivity index (χ0) is 17.2. The molecule has 0 saturated carbocycles. The molecule has 0 aliphatic carbocycles. The van der Waals surface area contributed by atoms with Gasteiger partial charge in [0.05, 0.1) is 5.92 Å². The Bertz CT molecular complexity index is 864. The van der Waals surface area contributed by atoms with E-state index >= 15 is 0 Å². The van der Waals surface area contributed by atoms with Gasteiger partial charge in [0.25, 0.3) is 0 Å². The SMILES string of the molecule is Cc1cc(N2CCCC(c3nnc(N)o3)C2)nc(-c2ccccn2)n1. The Morgan fingerprint density at radius 2 is 2.16 bits per heavy atom. The number of aromatic nitrogens is 5. The number of anilines is 2. The lowest BCUT2D eigenvalue weighted by molar-refractivity contribution is 0.405. The van der Waals surface area contributed by atoms with Gasteiger partial charge in [0.2, 0.25) is 5.89 Å². The molecule has 1 saturated heterocycles. The minimum atomic E-state index is 0.113. The minimum absolute atomic E-state index is 0.113. The number of nitrogen functional groups attached to an aromatic ring is 1. The first-order chi connectivity index (χ1) is 12.2. The second kappa shape index (κ2) is 6.46. The Hall–Kier alpha value is -3.03. The van der Waals surface area contributed by atoms with Crippen LogP contribution in [0.2, 0.25) is 0 Å². The summed E-state index contributed by atoms with van der Waals surface area (Å²) < 4.78 is 5.41. The first-order valence-electron chi connectivity index (χ1n) is 8.30. The van der Waals surface area contributed by atoms with Crippen LogP contribution in [0.4, 0.5) is 11.8 Å². The van der Waals surface area contributed by atoms with Crippen LogP contribution in [-0.2, 0) is 0 Å². The van der Waals surface area contributed by atoms with E-state index in [1.165, 1.54) is 0 Å². The molecule has 0 aromatic carbocycles. The lowest BCUT2D eigenvalue weighted by atomic mass is 9.98. The summed E-state index contributed by atoms with van der Waals surface area (Å²) in [6.45, 7) is 3.66. The summed E-state index contributed by atoms with van der Waals surface area (Å²) in [7, 11) is 0. The quantitative estimate of drug-likeness (QED) is 0.775. The zero-order valence-corrected chi connectivity index (χ0v) is 14.0. The molecule has 4 rings (SSSR count). The molecule has 2 N–H and O–H groups in total. The third kappa shape index (κ3) is 3.28. The largest absolute Gasteiger partial charge is 0.408 e. The summed E-state index contributed by atoms with van der Waals surface area (Å²) in [5, 5.41) is 7.81. The Morgan fingerprint density at radius 1 is 1.24 bits per heavy atom. The molecule has 25 heavy (non-hydrogen) atoms. The lowest BCUT2D eigenvalue weighted by Gasteiger charge is -2.32. The van der Waals surface area contributed by atoms with Gasteiger partial charge in [-0.2, -0.15) is 0 Å². The van der Waals surface area contributed by atoms with Crippen molar-refractivity contribution in [3.63, 3.8) is 0 Å². The number of aryl methyl sites for hydroxylation is 1. The van der Waals surface area contributed by atoms with Crippen LogP contribution in [0, 0.1) is 6.92 Å². The summed E-state index contributed by atoms with van der Waals surface area (Å²) in [5.41, 5.74) is 7.23. The van der Waals surface area contributed by atoms with Crippen molar-refractivity contribution in [2.75, 3.05) is 23.7 Å². The third-order valence-corrected chi connectivity index (χ3v) is 4.29. The van der Waals surface area contributed by atoms with Crippen molar-refractivity contribution in [3.8, 4) is 11.5 Å². The minimum Gasteiger partial charge on any atom is -0.408 e. The molecule has 0 radical (unpaired) electrons. The number of pyridine rings is 1. The topological polar surface area (TPSA) is 107 Å². The number of rotatable bonds is 3. The van der Waals surface area contributed by atoms with Gasteiger partial charge in [-0.15, -0.1) is 5.10 Å². The first-order valence-corrected chi connectivity index (χ1v) is 8.30. The smallest absolute Gasteiger partial charge is 0.312 e. The predicted molar refractivity (Wildman–Crippen MR) is 92.9 cm³/mol. The van der Waals surface area contributed by atoms with E-state index in [-0.39, 0.29) is 11.9 Å². The molecule has 1 aliphatic heterocycles. The molecular formula is C17H19N7O. The van der Waals surface area contributed by atoms with Crippen LogP contribution in [0.25, 0.3) is 11.5 Å². The number of nitrogens with zero attached hydrogens (tertiary/aromatic N) is 6. The fourth-order valence-electron chi connectivity index (χ4n) is 3.12. The van der Waals surface area contributed by atoms with Gasteiger partial charge in [0.15, 0.2) is 5.82 Å². The van der Waals surface area contributed by atoms with Gasteiger partial charge >= 0.3 is 6.01 Å². The van der Waals surface area contributed by atoms with E-state index in [1.54, 1.807) is 6.20 Å². The molecule has 3 aromatic heterocycles. The molecule has 4 heterocycles. The molecule has 8 nitrogen and oxygen atoms in total. The molecule has 1 fully saturated rings. The molecule has 0 amide bonds. The molecule has 8 heteroatoms. The Labute approximate surface area is 145 Å².